The van der Waals surface area contributed by atoms with Gasteiger partial charge in [0.15, 0.2) is 0 Å². The summed E-state index contributed by atoms with van der Waals surface area (Å²) in [6.07, 6.45) is -0.152. The number of rotatable bonds is 2. The first-order valence-corrected chi connectivity index (χ1v) is 5.72. The van der Waals surface area contributed by atoms with Crippen molar-refractivity contribution in [1.82, 2.24) is 4.90 Å². The van der Waals surface area contributed by atoms with Crippen LogP contribution in [-0.2, 0) is 14.3 Å². The molecule has 0 saturated heterocycles. The molecule has 0 aliphatic carbocycles. The third-order valence-corrected chi connectivity index (χ3v) is 2.89. The van der Waals surface area contributed by atoms with Gasteiger partial charge < -0.3 is 14.2 Å². The van der Waals surface area contributed by atoms with Crippen LogP contribution in [-0.4, -0.2) is 43.1 Å². The van der Waals surface area contributed by atoms with Gasteiger partial charge in [-0.3, -0.25) is 0 Å². The van der Waals surface area contributed by atoms with Crippen LogP contribution in [0.25, 0.3) is 0 Å². The second kappa shape index (κ2) is 4.43. The molecule has 0 unspecified atom stereocenters. The molecule has 10 heteroatoms. The summed E-state index contributed by atoms with van der Waals surface area (Å²) in [5.74, 6) is -0.545. The number of hydrogen-bond acceptors (Lipinski definition) is 4. The summed E-state index contributed by atoms with van der Waals surface area (Å²) in [6, 6.07) is 0. The number of alkyl halides is 3. The first-order chi connectivity index (χ1) is 7.63. The minimum absolute atomic E-state index is 0.0776. The highest BCUT2D eigenvalue weighted by Gasteiger charge is 2.49. The molecule has 6 nitrogen and oxygen atoms in total. The lowest BCUT2D eigenvalue weighted by Gasteiger charge is -2.24. The molecule has 0 spiro atoms. The molecule has 1 aliphatic rings. The molecule has 1 aliphatic heterocycles. The van der Waals surface area contributed by atoms with Gasteiger partial charge in [-0.15, -0.1) is 0 Å². The number of hydrogen-bond donors (Lipinski definition) is 1. The average molecular weight is 275 g/mol. The van der Waals surface area contributed by atoms with E-state index in [9.17, 15) is 26.4 Å². The lowest BCUT2D eigenvalue weighted by molar-refractivity contribution is -0.0525. The third-order valence-electron chi connectivity index (χ3n) is 1.89. The summed E-state index contributed by atoms with van der Waals surface area (Å²) >= 11 is 0. The van der Waals surface area contributed by atoms with Gasteiger partial charge in [-0.2, -0.15) is 21.6 Å². The van der Waals surface area contributed by atoms with Crippen molar-refractivity contribution in [3.05, 3.63) is 11.8 Å². The zero-order valence-electron chi connectivity index (χ0n) is 8.27. The molecule has 0 saturated carbocycles. The highest BCUT2D eigenvalue weighted by molar-refractivity contribution is 7.87. The van der Waals surface area contributed by atoms with E-state index in [1.807, 2.05) is 0 Å². The smallest absolute Gasteiger partial charge is 0.465 e. The van der Waals surface area contributed by atoms with Crippen molar-refractivity contribution in [2.24, 2.45) is 0 Å². The predicted molar refractivity (Wildman–Crippen MR) is 48.4 cm³/mol. The van der Waals surface area contributed by atoms with Gasteiger partial charge in [-0.25, -0.2) is 4.79 Å². The molecule has 1 heterocycles. The molecule has 0 radical (unpaired) electrons. The molecule has 0 fully saturated rings. The Bertz CT molecular complexity index is 441. The van der Waals surface area contributed by atoms with Crippen molar-refractivity contribution < 1.29 is 35.7 Å². The lowest BCUT2D eigenvalue weighted by Crippen LogP contribution is -2.36. The van der Waals surface area contributed by atoms with Crippen LogP contribution in [0, 0.1) is 0 Å². The second-order valence-corrected chi connectivity index (χ2v) is 4.68. The van der Waals surface area contributed by atoms with Gasteiger partial charge in [0.1, 0.15) is 5.76 Å². The van der Waals surface area contributed by atoms with E-state index in [-0.39, 0.29) is 13.0 Å². The third kappa shape index (κ3) is 3.25. The van der Waals surface area contributed by atoms with Crippen molar-refractivity contribution in [3.8, 4) is 0 Å². The molecule has 1 N–H and O–H groups in total. The van der Waals surface area contributed by atoms with Gasteiger partial charge in [0.05, 0.1) is 6.54 Å². The molecule has 0 aromatic rings. The summed E-state index contributed by atoms with van der Waals surface area (Å²) in [7, 11) is -5.73. The van der Waals surface area contributed by atoms with E-state index in [1.54, 1.807) is 0 Å². The van der Waals surface area contributed by atoms with Crippen LogP contribution in [0.15, 0.2) is 11.8 Å². The first kappa shape index (κ1) is 13.6. The number of carbonyl (C=O) groups is 1. The van der Waals surface area contributed by atoms with Crippen molar-refractivity contribution in [3.63, 3.8) is 0 Å². The Hall–Kier alpha value is -1.45. The zero-order chi connectivity index (χ0) is 13.3. The van der Waals surface area contributed by atoms with Gasteiger partial charge in [-0.1, -0.05) is 0 Å². The molecule has 0 aromatic heterocycles. The minimum atomic E-state index is -5.73. The molecule has 0 bridgehead atoms. The Balaban J connectivity index is 2.77. The number of nitrogens with zero attached hydrogens (tertiary/aromatic N) is 1. The molecular formula is C7H8F3NO5S. The highest BCUT2D eigenvalue weighted by Crippen LogP contribution is 2.27. The van der Waals surface area contributed by atoms with Gasteiger partial charge in [0.25, 0.3) is 0 Å². The van der Waals surface area contributed by atoms with E-state index in [0.717, 1.165) is 11.0 Å². The van der Waals surface area contributed by atoms with Crippen LogP contribution >= 0.6 is 0 Å². The van der Waals surface area contributed by atoms with E-state index < -0.39 is 34.0 Å². The van der Waals surface area contributed by atoms with Gasteiger partial charge in [-0.05, 0) is 12.5 Å². The Morgan fingerprint density at radius 3 is 2.53 bits per heavy atom. The van der Waals surface area contributed by atoms with Crippen LogP contribution < -0.4 is 0 Å². The molecule has 0 atom stereocenters. The van der Waals surface area contributed by atoms with Gasteiger partial charge in [0, 0.05) is 6.54 Å². The molecule has 17 heavy (non-hydrogen) atoms. The standard InChI is InChI=1S/C7H8F3NO5S/c8-7(9,10)17(14,15)16-5-2-1-3-11(4-5)6(12)13/h2H,1,3-4H2,(H,12,13). The minimum Gasteiger partial charge on any atom is -0.465 e. The van der Waals surface area contributed by atoms with Crippen molar-refractivity contribution in [2.75, 3.05) is 13.1 Å². The zero-order valence-corrected chi connectivity index (χ0v) is 9.08. The molecule has 1 rings (SSSR count). The summed E-state index contributed by atoms with van der Waals surface area (Å²) in [6.45, 7) is -0.446. The van der Waals surface area contributed by atoms with Gasteiger partial charge >= 0.3 is 21.7 Å². The molecule has 1 amide bonds. The number of carboxylic acid groups (broad SMARTS) is 1. The molecular weight excluding hydrogens is 267 g/mol. The van der Waals surface area contributed by atoms with E-state index in [2.05, 4.69) is 4.18 Å². The Kier molecular flexibility index (Phi) is 3.55. The normalized spacial score (nSPS) is 17.6. The van der Waals surface area contributed by atoms with E-state index >= 15 is 0 Å². The average Bonchev–Trinajstić information content (AvgIpc) is 2.15. The quantitative estimate of drug-likeness (QED) is 0.603. The maximum atomic E-state index is 12.0. The van der Waals surface area contributed by atoms with Crippen LogP contribution in [0.3, 0.4) is 0 Å². The summed E-state index contributed by atoms with van der Waals surface area (Å²) < 4.78 is 61.0. The SMILES string of the molecule is O=C(O)N1CCC=C(OS(=O)(=O)C(F)(F)F)C1. The maximum absolute atomic E-state index is 12.0. The van der Waals surface area contributed by atoms with Crippen LogP contribution in [0.1, 0.15) is 6.42 Å². The van der Waals surface area contributed by atoms with Crippen LogP contribution in [0.5, 0.6) is 0 Å². The van der Waals surface area contributed by atoms with Crippen molar-refractivity contribution >= 4 is 16.2 Å². The molecule has 98 valence electrons. The first-order valence-electron chi connectivity index (χ1n) is 4.31. The van der Waals surface area contributed by atoms with Crippen molar-refractivity contribution in [2.45, 2.75) is 11.9 Å². The Labute approximate surface area is 94.4 Å². The van der Waals surface area contributed by atoms with Crippen molar-refractivity contribution in [1.29, 1.82) is 0 Å². The fraction of sp³-hybridized carbons (Fsp3) is 0.571. The largest absolute Gasteiger partial charge is 0.534 e. The fourth-order valence-electron chi connectivity index (χ4n) is 1.12. The number of amides is 1. The van der Waals surface area contributed by atoms with Crippen LogP contribution in [0.4, 0.5) is 18.0 Å². The fourth-order valence-corrected chi connectivity index (χ4v) is 1.62. The second-order valence-electron chi connectivity index (χ2n) is 3.15. The lowest BCUT2D eigenvalue weighted by atomic mass is 10.2. The maximum Gasteiger partial charge on any atom is 0.534 e. The number of halogens is 3. The monoisotopic (exact) mass is 275 g/mol. The Morgan fingerprint density at radius 2 is 2.06 bits per heavy atom. The summed E-state index contributed by atoms with van der Waals surface area (Å²) in [5, 5.41) is 8.59. The van der Waals surface area contributed by atoms with E-state index in [4.69, 9.17) is 5.11 Å². The van der Waals surface area contributed by atoms with E-state index in [0.29, 0.717) is 0 Å². The van der Waals surface area contributed by atoms with E-state index in [1.165, 1.54) is 0 Å². The topological polar surface area (TPSA) is 83.9 Å². The summed E-state index contributed by atoms with van der Waals surface area (Å²) in [5.41, 5.74) is -5.53. The molecule has 0 aromatic carbocycles. The van der Waals surface area contributed by atoms with Crippen LogP contribution in [0.2, 0.25) is 0 Å². The summed E-state index contributed by atoms with van der Waals surface area (Å²) in [4.78, 5) is 11.3. The van der Waals surface area contributed by atoms with Gasteiger partial charge in [0.2, 0.25) is 0 Å². The Morgan fingerprint density at radius 1 is 1.47 bits per heavy atom. The predicted octanol–water partition coefficient (Wildman–Crippen LogP) is 1.12. The highest BCUT2D eigenvalue weighted by atomic mass is 32.2.